The molecular formula is C21H23ClN2O4S. The van der Waals surface area contributed by atoms with Crippen LogP contribution in [0.3, 0.4) is 0 Å². The molecule has 0 saturated heterocycles. The summed E-state index contributed by atoms with van der Waals surface area (Å²) in [7, 11) is -3.37. The highest BCUT2D eigenvalue weighted by atomic mass is 35.5. The van der Waals surface area contributed by atoms with Gasteiger partial charge in [0, 0.05) is 23.5 Å². The molecule has 2 aromatic carbocycles. The Balaban J connectivity index is 1.65. The first-order valence-electron chi connectivity index (χ1n) is 9.20. The number of carbonyl (C=O) groups is 1. The van der Waals surface area contributed by atoms with E-state index in [2.05, 4.69) is 10.0 Å². The minimum absolute atomic E-state index is 0.0865. The van der Waals surface area contributed by atoms with Gasteiger partial charge < -0.3 is 9.73 Å². The number of aryl methyl sites for hydroxylation is 1. The molecule has 3 rings (SSSR count). The van der Waals surface area contributed by atoms with Gasteiger partial charge in [0.1, 0.15) is 0 Å². The molecule has 8 heteroatoms. The van der Waals surface area contributed by atoms with E-state index in [4.69, 9.17) is 16.0 Å². The third-order valence-corrected chi connectivity index (χ3v) is 6.21. The normalized spacial score (nSPS) is 11.9. The number of para-hydroxylation sites is 1. The number of fused-ring (bicyclic) bond motifs is 1. The van der Waals surface area contributed by atoms with E-state index in [0.717, 1.165) is 16.5 Å². The number of carbonyl (C=O) groups excluding carboxylic acids is 1. The number of furan rings is 1. The fourth-order valence-electron chi connectivity index (χ4n) is 3.06. The van der Waals surface area contributed by atoms with Crippen LogP contribution in [0.2, 0.25) is 5.02 Å². The molecule has 0 unspecified atom stereocenters. The first-order valence-corrected chi connectivity index (χ1v) is 11.2. The van der Waals surface area contributed by atoms with Crippen LogP contribution in [0.1, 0.15) is 41.1 Å². The fourth-order valence-corrected chi connectivity index (χ4v) is 4.71. The van der Waals surface area contributed by atoms with Crippen molar-refractivity contribution in [2.24, 2.45) is 0 Å². The molecule has 0 atom stereocenters. The van der Waals surface area contributed by atoms with Crippen LogP contribution >= 0.6 is 11.6 Å². The summed E-state index contributed by atoms with van der Waals surface area (Å²) in [5.41, 5.74) is 2.76. The highest BCUT2D eigenvalue weighted by Crippen LogP contribution is 2.30. The molecule has 0 radical (unpaired) electrons. The number of hydrogen-bond acceptors (Lipinski definition) is 4. The van der Waals surface area contributed by atoms with Gasteiger partial charge in [0.05, 0.1) is 10.8 Å². The highest BCUT2D eigenvalue weighted by molar-refractivity contribution is 7.88. The molecule has 0 bridgehead atoms. The van der Waals surface area contributed by atoms with E-state index < -0.39 is 10.0 Å². The standard InChI is InChI=1S/C21H23ClN2O4S/c1-13(2)24-29(26,27)12-16-9-7-15(8-10-16)11-23-21(25)19-14(3)17-5-4-6-18(22)20(17)28-19/h4-10,13,24H,11-12H2,1-3H3,(H,23,25). The van der Waals surface area contributed by atoms with Crippen LogP contribution in [0.25, 0.3) is 11.0 Å². The van der Waals surface area contributed by atoms with Crippen molar-refractivity contribution in [3.05, 3.63) is 69.9 Å². The van der Waals surface area contributed by atoms with Crippen molar-refractivity contribution >= 4 is 38.5 Å². The second-order valence-corrected chi connectivity index (χ2v) is 9.36. The Kier molecular flexibility index (Phi) is 6.31. The molecule has 0 saturated carbocycles. The first-order chi connectivity index (χ1) is 13.7. The summed E-state index contributed by atoms with van der Waals surface area (Å²) < 4.78 is 32.2. The van der Waals surface area contributed by atoms with Gasteiger partial charge in [-0.15, -0.1) is 0 Å². The number of amides is 1. The summed E-state index contributed by atoms with van der Waals surface area (Å²) in [5, 5.41) is 4.09. The van der Waals surface area contributed by atoms with Gasteiger partial charge in [0.15, 0.2) is 11.3 Å². The maximum atomic E-state index is 12.5. The summed E-state index contributed by atoms with van der Waals surface area (Å²) in [6.45, 7) is 5.67. The summed E-state index contributed by atoms with van der Waals surface area (Å²) in [4.78, 5) is 12.5. The van der Waals surface area contributed by atoms with E-state index in [0.29, 0.717) is 22.7 Å². The summed E-state index contributed by atoms with van der Waals surface area (Å²) >= 11 is 6.14. The number of nitrogens with one attached hydrogen (secondary N) is 2. The first kappa shape index (κ1) is 21.4. The van der Waals surface area contributed by atoms with Crippen molar-refractivity contribution < 1.29 is 17.6 Å². The smallest absolute Gasteiger partial charge is 0.287 e. The second-order valence-electron chi connectivity index (χ2n) is 7.20. The molecule has 0 aliphatic rings. The molecule has 1 amide bonds. The zero-order valence-corrected chi connectivity index (χ0v) is 18.0. The molecule has 1 heterocycles. The van der Waals surface area contributed by atoms with Gasteiger partial charge in [-0.3, -0.25) is 4.79 Å². The van der Waals surface area contributed by atoms with Crippen molar-refractivity contribution in [3.8, 4) is 0 Å². The molecule has 0 aliphatic heterocycles. The van der Waals surface area contributed by atoms with E-state index in [9.17, 15) is 13.2 Å². The molecule has 0 spiro atoms. The number of halogens is 1. The second kappa shape index (κ2) is 8.57. The average Bonchev–Trinajstić information content (AvgIpc) is 2.98. The third kappa shape index (κ3) is 5.18. The predicted molar refractivity (Wildman–Crippen MR) is 114 cm³/mol. The molecule has 0 fully saturated rings. The highest BCUT2D eigenvalue weighted by Gasteiger charge is 2.19. The van der Waals surface area contributed by atoms with Crippen molar-refractivity contribution in [2.45, 2.75) is 39.1 Å². The lowest BCUT2D eigenvalue weighted by molar-refractivity contribution is 0.0924. The Morgan fingerprint density at radius 3 is 2.38 bits per heavy atom. The third-order valence-electron chi connectivity index (χ3n) is 4.37. The van der Waals surface area contributed by atoms with Gasteiger partial charge in [-0.2, -0.15) is 0 Å². The van der Waals surface area contributed by atoms with Crippen LogP contribution in [0.5, 0.6) is 0 Å². The average molecular weight is 435 g/mol. The van der Waals surface area contributed by atoms with Crippen molar-refractivity contribution in [2.75, 3.05) is 0 Å². The van der Waals surface area contributed by atoms with E-state index >= 15 is 0 Å². The SMILES string of the molecule is Cc1c(C(=O)NCc2ccc(CS(=O)(=O)NC(C)C)cc2)oc2c(Cl)cccc12. The lowest BCUT2D eigenvalue weighted by atomic mass is 10.1. The van der Waals surface area contributed by atoms with Crippen LogP contribution in [-0.2, 0) is 22.3 Å². The van der Waals surface area contributed by atoms with E-state index in [-0.39, 0.29) is 23.5 Å². The van der Waals surface area contributed by atoms with Gasteiger partial charge in [-0.1, -0.05) is 48.0 Å². The van der Waals surface area contributed by atoms with Gasteiger partial charge in [0.25, 0.3) is 5.91 Å². The van der Waals surface area contributed by atoms with E-state index in [1.807, 2.05) is 19.1 Å². The number of rotatable bonds is 7. The fraction of sp³-hybridized carbons (Fsp3) is 0.286. The Hall–Kier alpha value is -2.35. The Morgan fingerprint density at radius 1 is 1.10 bits per heavy atom. The maximum Gasteiger partial charge on any atom is 0.287 e. The predicted octanol–water partition coefficient (Wildman–Crippen LogP) is 4.15. The van der Waals surface area contributed by atoms with Crippen molar-refractivity contribution in [1.82, 2.24) is 10.0 Å². The lowest BCUT2D eigenvalue weighted by Gasteiger charge is -2.10. The quantitative estimate of drug-likeness (QED) is 0.584. The monoisotopic (exact) mass is 434 g/mol. The molecular weight excluding hydrogens is 412 g/mol. The molecule has 6 nitrogen and oxygen atoms in total. The molecule has 0 aliphatic carbocycles. The number of sulfonamides is 1. The van der Waals surface area contributed by atoms with Gasteiger partial charge >= 0.3 is 0 Å². The van der Waals surface area contributed by atoms with Crippen molar-refractivity contribution in [1.29, 1.82) is 0 Å². The zero-order chi connectivity index (χ0) is 21.2. The van der Waals surface area contributed by atoms with Gasteiger partial charge in [-0.05, 0) is 38.0 Å². The summed E-state index contributed by atoms with van der Waals surface area (Å²) in [6.07, 6.45) is 0. The Bertz CT molecular complexity index is 1140. The molecule has 2 N–H and O–H groups in total. The van der Waals surface area contributed by atoms with Crippen LogP contribution in [-0.4, -0.2) is 20.4 Å². The Morgan fingerprint density at radius 2 is 1.76 bits per heavy atom. The minimum Gasteiger partial charge on any atom is -0.449 e. The van der Waals surface area contributed by atoms with Crippen LogP contribution in [0.4, 0.5) is 0 Å². The minimum atomic E-state index is -3.37. The molecule has 3 aromatic rings. The summed E-state index contributed by atoms with van der Waals surface area (Å²) in [6, 6.07) is 12.3. The van der Waals surface area contributed by atoms with Crippen LogP contribution < -0.4 is 10.0 Å². The van der Waals surface area contributed by atoms with Gasteiger partial charge in [-0.25, -0.2) is 13.1 Å². The zero-order valence-electron chi connectivity index (χ0n) is 16.5. The molecule has 1 aromatic heterocycles. The van der Waals surface area contributed by atoms with E-state index in [1.165, 1.54) is 0 Å². The summed E-state index contributed by atoms with van der Waals surface area (Å²) in [5.74, 6) is -0.186. The number of hydrogen-bond donors (Lipinski definition) is 2. The van der Waals surface area contributed by atoms with E-state index in [1.54, 1.807) is 44.2 Å². The van der Waals surface area contributed by atoms with Gasteiger partial charge in [0.2, 0.25) is 10.0 Å². The molecule has 154 valence electrons. The maximum absolute atomic E-state index is 12.5. The van der Waals surface area contributed by atoms with Crippen LogP contribution in [0, 0.1) is 6.92 Å². The Labute approximate surface area is 175 Å². The lowest BCUT2D eigenvalue weighted by Crippen LogP contribution is -2.31. The molecule has 29 heavy (non-hydrogen) atoms. The van der Waals surface area contributed by atoms with Crippen LogP contribution in [0.15, 0.2) is 46.9 Å². The van der Waals surface area contributed by atoms with Crippen molar-refractivity contribution in [3.63, 3.8) is 0 Å². The largest absolute Gasteiger partial charge is 0.449 e. The topological polar surface area (TPSA) is 88.4 Å². The number of benzene rings is 2.